The van der Waals surface area contributed by atoms with Crippen molar-refractivity contribution < 1.29 is 41.8 Å². The molecule has 1 saturated carbocycles. The molecular formula is C31H33F4N3O5S. The molecule has 1 amide bonds. The van der Waals surface area contributed by atoms with Gasteiger partial charge in [0.05, 0.1) is 11.5 Å². The second kappa shape index (κ2) is 14.5. The summed E-state index contributed by atoms with van der Waals surface area (Å²) >= 11 is 0.937. The number of carbonyl (C=O) groups excluding carboxylic acids is 3. The van der Waals surface area contributed by atoms with E-state index >= 15 is 0 Å². The van der Waals surface area contributed by atoms with Crippen LogP contribution >= 0.6 is 11.8 Å². The van der Waals surface area contributed by atoms with Crippen LogP contribution in [0.15, 0.2) is 53.5 Å². The zero-order valence-electron chi connectivity index (χ0n) is 23.7. The van der Waals surface area contributed by atoms with E-state index in [0.717, 1.165) is 24.6 Å². The van der Waals surface area contributed by atoms with Gasteiger partial charge in [0.2, 0.25) is 5.91 Å². The van der Waals surface area contributed by atoms with Crippen LogP contribution in [0.1, 0.15) is 48.8 Å². The van der Waals surface area contributed by atoms with Crippen molar-refractivity contribution in [2.24, 2.45) is 28.5 Å². The maximum Gasteiger partial charge on any atom is 0.389 e. The highest BCUT2D eigenvalue weighted by molar-refractivity contribution is 8.00. The molecule has 4 atom stereocenters. The van der Waals surface area contributed by atoms with Crippen LogP contribution in [0, 0.1) is 23.6 Å². The smallest absolute Gasteiger partial charge is 0.389 e. The minimum atomic E-state index is -4.61. The summed E-state index contributed by atoms with van der Waals surface area (Å²) in [7, 11) is 0. The lowest BCUT2D eigenvalue weighted by molar-refractivity contribution is -0.146. The highest BCUT2D eigenvalue weighted by Gasteiger charge is 2.41. The van der Waals surface area contributed by atoms with Gasteiger partial charge >= 0.3 is 12.1 Å². The molecule has 2 aromatic rings. The lowest BCUT2D eigenvalue weighted by atomic mass is 9.81. The lowest BCUT2D eigenvalue weighted by Gasteiger charge is -2.27. The second-order valence-electron chi connectivity index (χ2n) is 11.1. The first-order valence-electron chi connectivity index (χ1n) is 14.2. The summed E-state index contributed by atoms with van der Waals surface area (Å²) < 4.78 is 55.0. The summed E-state index contributed by atoms with van der Waals surface area (Å²) in [5.74, 6) is -6.75. The Balaban J connectivity index is 1.63. The maximum atomic E-state index is 14.9. The number of carboxylic acid groups (broad SMARTS) is 1. The van der Waals surface area contributed by atoms with Crippen molar-refractivity contribution in [3.05, 3.63) is 71.0 Å². The number of amides is 1. The summed E-state index contributed by atoms with van der Waals surface area (Å²) in [5.41, 5.74) is 6.73. The van der Waals surface area contributed by atoms with E-state index in [-0.39, 0.29) is 35.1 Å². The fourth-order valence-corrected chi connectivity index (χ4v) is 6.14. The Morgan fingerprint density at radius 1 is 1.07 bits per heavy atom. The Bertz CT molecular complexity index is 1410. The summed E-state index contributed by atoms with van der Waals surface area (Å²) in [6, 6.07) is 11.7. The fourth-order valence-electron chi connectivity index (χ4n) is 5.21. The number of alkyl halides is 3. The van der Waals surface area contributed by atoms with Crippen LogP contribution in [-0.2, 0) is 25.6 Å². The van der Waals surface area contributed by atoms with Crippen molar-refractivity contribution in [2.75, 3.05) is 11.5 Å². The number of hydrogen-bond acceptors (Lipinski definition) is 7. The lowest BCUT2D eigenvalue weighted by Crippen LogP contribution is -2.46. The van der Waals surface area contributed by atoms with Gasteiger partial charge in [-0.05, 0) is 24.8 Å². The van der Waals surface area contributed by atoms with Gasteiger partial charge in [0, 0.05) is 47.1 Å². The molecule has 0 aromatic heterocycles. The first kappa shape index (κ1) is 33.3. The molecule has 236 valence electrons. The number of carbonyl (C=O) groups is 4. The Kier molecular flexibility index (Phi) is 11.0. The number of nitrogens with zero attached hydrogens (tertiary/aromatic N) is 1. The molecule has 13 heteroatoms. The molecule has 1 aliphatic carbocycles. The SMILES string of the molecule is N[C@@H](CSCC(=O)[C@@H](CC1CC1)[C@@H](CCC(F)(F)F)C(=O)N[C@H]1N=C(c2ccccc2)c2cccc(F)c2CC1=O)C(=O)O. The second-order valence-corrected chi connectivity index (χ2v) is 12.2. The molecule has 1 aliphatic heterocycles. The van der Waals surface area contributed by atoms with Crippen molar-refractivity contribution in [2.45, 2.75) is 56.9 Å². The van der Waals surface area contributed by atoms with Gasteiger partial charge in [-0.25, -0.2) is 4.39 Å². The van der Waals surface area contributed by atoms with Gasteiger partial charge in [-0.1, -0.05) is 55.3 Å². The van der Waals surface area contributed by atoms with Crippen LogP contribution in [-0.4, -0.2) is 64.2 Å². The predicted molar refractivity (Wildman–Crippen MR) is 157 cm³/mol. The number of aliphatic carboxylic acids is 1. The van der Waals surface area contributed by atoms with Gasteiger partial charge < -0.3 is 16.2 Å². The number of fused-ring (bicyclic) bond motifs is 1. The topological polar surface area (TPSA) is 139 Å². The molecule has 0 saturated heterocycles. The first-order valence-corrected chi connectivity index (χ1v) is 15.4. The normalized spacial score (nSPS) is 18.8. The molecule has 1 heterocycles. The molecule has 4 N–H and O–H groups in total. The first-order chi connectivity index (χ1) is 20.8. The van der Waals surface area contributed by atoms with E-state index in [4.69, 9.17) is 10.8 Å². The molecule has 0 unspecified atom stereocenters. The zero-order chi connectivity index (χ0) is 32.0. The van der Waals surface area contributed by atoms with Crippen molar-refractivity contribution in [3.63, 3.8) is 0 Å². The molecule has 2 aliphatic rings. The number of ketones is 2. The zero-order valence-corrected chi connectivity index (χ0v) is 24.5. The molecule has 0 bridgehead atoms. The third kappa shape index (κ3) is 8.98. The van der Waals surface area contributed by atoms with Gasteiger partial charge in [-0.15, -0.1) is 0 Å². The average Bonchev–Trinajstić information content (AvgIpc) is 3.80. The molecule has 4 rings (SSSR count). The van der Waals surface area contributed by atoms with Gasteiger partial charge in [0.25, 0.3) is 0 Å². The van der Waals surface area contributed by atoms with Crippen LogP contribution in [0.3, 0.4) is 0 Å². The van der Waals surface area contributed by atoms with E-state index in [1.807, 2.05) is 0 Å². The molecule has 1 fully saturated rings. The van der Waals surface area contributed by atoms with Gasteiger partial charge in [0.1, 0.15) is 17.6 Å². The van der Waals surface area contributed by atoms with Crippen molar-refractivity contribution in [3.8, 4) is 0 Å². The monoisotopic (exact) mass is 635 g/mol. The molecule has 0 spiro atoms. The Morgan fingerprint density at radius 3 is 2.41 bits per heavy atom. The number of benzene rings is 2. The molecule has 2 aromatic carbocycles. The molecule has 8 nitrogen and oxygen atoms in total. The number of hydrogen-bond donors (Lipinski definition) is 3. The quantitative estimate of drug-likeness (QED) is 0.263. The van der Waals surface area contributed by atoms with Crippen LogP contribution in [0.2, 0.25) is 0 Å². The maximum absolute atomic E-state index is 14.9. The highest BCUT2D eigenvalue weighted by Crippen LogP contribution is 2.40. The summed E-state index contributed by atoms with van der Waals surface area (Å²) in [5, 5.41) is 11.5. The van der Waals surface area contributed by atoms with Crippen LogP contribution in [0.4, 0.5) is 17.6 Å². The van der Waals surface area contributed by atoms with Crippen LogP contribution in [0.25, 0.3) is 0 Å². The van der Waals surface area contributed by atoms with E-state index in [2.05, 4.69) is 10.3 Å². The Hall–Kier alpha value is -3.58. The van der Waals surface area contributed by atoms with E-state index in [1.165, 1.54) is 12.1 Å². The average molecular weight is 636 g/mol. The van der Waals surface area contributed by atoms with Crippen LogP contribution < -0.4 is 11.1 Å². The van der Waals surface area contributed by atoms with Gasteiger partial charge in [-0.3, -0.25) is 24.2 Å². The van der Waals surface area contributed by atoms with Crippen LogP contribution in [0.5, 0.6) is 0 Å². The van der Waals surface area contributed by atoms with Crippen molar-refractivity contribution >= 4 is 40.9 Å². The van der Waals surface area contributed by atoms with Gasteiger partial charge in [0.15, 0.2) is 11.9 Å². The third-order valence-electron chi connectivity index (χ3n) is 7.73. The minimum Gasteiger partial charge on any atom is -0.480 e. The minimum absolute atomic E-state index is 0.0658. The fraction of sp³-hybridized carbons (Fsp3) is 0.452. The van der Waals surface area contributed by atoms with E-state index in [1.54, 1.807) is 36.4 Å². The van der Waals surface area contributed by atoms with E-state index in [9.17, 15) is 36.7 Å². The standard InChI is InChI=1S/C31H33F4N3O5S/c32-23-8-4-7-19-21(23)14-25(39)28(37-27(19)18-5-2-1-3-6-18)38-29(41)20(11-12-31(33,34)35)22(13-17-9-10-17)26(40)16-44-15-24(36)30(42)43/h1-8,17,20,22,24,28H,9-16,36H2,(H,38,41)(H,42,43)/t20-,22+,24+,28-/m1/s1. The highest BCUT2D eigenvalue weighted by atomic mass is 32.2. The van der Waals surface area contributed by atoms with E-state index < -0.39 is 78.7 Å². The molecule has 0 radical (unpaired) electrons. The Labute approximate surface area is 255 Å². The molecule has 44 heavy (non-hydrogen) atoms. The number of Topliss-reactive ketones (excluding diaryl/α,β-unsaturated/α-hetero) is 2. The predicted octanol–water partition coefficient (Wildman–Crippen LogP) is 4.32. The van der Waals surface area contributed by atoms with Crippen molar-refractivity contribution in [1.29, 1.82) is 0 Å². The largest absolute Gasteiger partial charge is 0.480 e. The number of thioether (sulfide) groups is 1. The van der Waals surface area contributed by atoms with E-state index in [0.29, 0.717) is 11.1 Å². The van der Waals surface area contributed by atoms with Crippen molar-refractivity contribution in [1.82, 2.24) is 5.32 Å². The Morgan fingerprint density at radius 2 is 1.77 bits per heavy atom. The number of nitrogens with one attached hydrogen (secondary N) is 1. The number of carboxylic acids is 1. The summed E-state index contributed by atoms with van der Waals surface area (Å²) in [4.78, 5) is 56.0. The summed E-state index contributed by atoms with van der Waals surface area (Å²) in [6.45, 7) is 0. The third-order valence-corrected chi connectivity index (χ3v) is 8.82. The van der Waals surface area contributed by atoms with Gasteiger partial charge in [-0.2, -0.15) is 24.9 Å². The number of nitrogens with two attached hydrogens (primary N) is 1. The number of rotatable bonds is 14. The summed E-state index contributed by atoms with van der Waals surface area (Å²) in [6.07, 6.45) is -6.84. The number of halogens is 4. The molecular weight excluding hydrogens is 602 g/mol. The number of aliphatic imine (C=N–C) groups is 1.